The second kappa shape index (κ2) is 10.8. The first-order chi connectivity index (χ1) is 17.0. The second-order valence-corrected chi connectivity index (χ2v) is 7.98. The summed E-state index contributed by atoms with van der Waals surface area (Å²) in [4.78, 5) is 46.9. The molecule has 186 valence electrons. The number of fused-ring (bicyclic) bond motifs is 1. The highest BCUT2D eigenvalue weighted by atomic mass is 19.1. The first-order valence-electron chi connectivity index (χ1n) is 10.7. The molecule has 0 spiro atoms. The van der Waals surface area contributed by atoms with Crippen molar-refractivity contribution >= 4 is 22.6 Å². The van der Waals surface area contributed by atoms with E-state index in [1.807, 2.05) is 37.3 Å². The molecule has 1 N–H and O–H groups in total. The number of carboxylic acids is 1. The van der Waals surface area contributed by atoms with Crippen molar-refractivity contribution in [2.45, 2.75) is 6.92 Å². The summed E-state index contributed by atoms with van der Waals surface area (Å²) in [7, 11) is 2.79. The van der Waals surface area contributed by atoms with Crippen molar-refractivity contribution in [1.82, 2.24) is 14.0 Å². The van der Waals surface area contributed by atoms with Gasteiger partial charge in [0.1, 0.15) is 23.7 Å². The molecule has 3 aromatic carbocycles. The molecule has 8 nitrogen and oxygen atoms in total. The topological polar surface area (TPSA) is 102 Å². The molecule has 1 heterocycles. The maximum atomic E-state index is 13.2. The minimum Gasteiger partial charge on any atom is -0.480 e. The summed E-state index contributed by atoms with van der Waals surface area (Å²) in [6.45, 7) is 1.39. The van der Waals surface area contributed by atoms with Crippen molar-refractivity contribution < 1.29 is 23.5 Å². The van der Waals surface area contributed by atoms with Gasteiger partial charge < -0.3 is 14.6 Å². The molecule has 10 heteroatoms. The Kier molecular flexibility index (Phi) is 7.78. The van der Waals surface area contributed by atoms with E-state index in [1.165, 1.54) is 21.4 Å². The number of aromatic nitrogens is 2. The number of aliphatic carboxylic acids is 1. The number of aryl methyl sites for hydroxylation is 2. The molecule has 0 fully saturated rings. The monoisotopic (exact) mass is 495 g/mol. The zero-order chi connectivity index (χ0) is 26.6. The molecular weight excluding hydrogens is 472 g/mol. The molecule has 0 aliphatic rings. The van der Waals surface area contributed by atoms with Gasteiger partial charge in [0.15, 0.2) is 0 Å². The van der Waals surface area contributed by atoms with E-state index in [4.69, 9.17) is 5.11 Å². The largest absolute Gasteiger partial charge is 0.480 e. The number of rotatable bonds is 4. The fraction of sp³-hybridized carbons (Fsp3) is 0.154. The summed E-state index contributed by atoms with van der Waals surface area (Å²) in [5.41, 5.74) is 0.336. The minimum atomic E-state index is -1.26. The van der Waals surface area contributed by atoms with Crippen molar-refractivity contribution in [2.75, 3.05) is 13.6 Å². The van der Waals surface area contributed by atoms with Gasteiger partial charge in [-0.1, -0.05) is 36.4 Å². The quantitative estimate of drug-likeness (QED) is 0.469. The average molecular weight is 495 g/mol. The van der Waals surface area contributed by atoms with Gasteiger partial charge in [-0.3, -0.25) is 14.4 Å². The second-order valence-electron chi connectivity index (χ2n) is 7.98. The van der Waals surface area contributed by atoms with Crippen LogP contribution in [0.5, 0.6) is 0 Å². The maximum absolute atomic E-state index is 13.2. The Morgan fingerprint density at radius 3 is 2.14 bits per heavy atom. The van der Waals surface area contributed by atoms with Crippen molar-refractivity contribution in [3.05, 3.63) is 110 Å². The highest BCUT2D eigenvalue weighted by Gasteiger charge is 2.21. The molecule has 0 atom stereocenters. The molecule has 0 unspecified atom stereocenters. The normalized spacial score (nSPS) is 10.5. The van der Waals surface area contributed by atoms with Gasteiger partial charge in [-0.2, -0.15) is 0 Å². The van der Waals surface area contributed by atoms with Gasteiger partial charge >= 0.3 is 11.7 Å². The van der Waals surface area contributed by atoms with Gasteiger partial charge in [0, 0.05) is 31.7 Å². The molecule has 0 aliphatic heterocycles. The van der Waals surface area contributed by atoms with Crippen molar-refractivity contribution in [3.8, 4) is 5.69 Å². The van der Waals surface area contributed by atoms with Gasteiger partial charge in [0.25, 0.3) is 11.5 Å². The highest BCUT2D eigenvalue weighted by molar-refractivity contribution is 5.96. The molecule has 0 radical (unpaired) electrons. The number of hydrogen-bond acceptors (Lipinski definition) is 4. The van der Waals surface area contributed by atoms with E-state index < -0.39 is 35.6 Å². The highest BCUT2D eigenvalue weighted by Crippen LogP contribution is 2.23. The number of carbonyl (C=O) groups excluding carboxylic acids is 1. The number of likely N-dealkylation sites (N-methyl/N-ethyl adjacent to an activating group) is 1. The Bertz CT molecular complexity index is 1560. The maximum Gasteiger partial charge on any atom is 0.335 e. The summed E-state index contributed by atoms with van der Waals surface area (Å²) >= 11 is 0. The molecule has 4 rings (SSSR count). The summed E-state index contributed by atoms with van der Waals surface area (Å²) in [6, 6.07) is 15.9. The van der Waals surface area contributed by atoms with Crippen LogP contribution in [0, 0.1) is 18.6 Å². The lowest BCUT2D eigenvalue weighted by molar-refractivity contribution is -0.137. The van der Waals surface area contributed by atoms with E-state index in [0.717, 1.165) is 46.5 Å². The molecular formula is C26H23F2N3O5. The molecule has 0 saturated heterocycles. The zero-order valence-electron chi connectivity index (χ0n) is 19.7. The number of nitrogens with zero attached hydrogens (tertiary/aromatic N) is 3. The lowest BCUT2D eigenvalue weighted by Crippen LogP contribution is -2.36. The van der Waals surface area contributed by atoms with E-state index >= 15 is 0 Å². The molecule has 0 bridgehead atoms. The molecule has 4 aromatic rings. The standard InChI is InChI=1S/C16H14N2O2.C10H9F2NO3/c1-11-5-3-7-13-12(11)6-4-8-14(13)18-15(19)9-10-17(2)16(18)20;1-13(5-8(14)15)10(16)9-6(11)3-2-4-7(9)12/h3-10H,1-2H3;2-4H,5H2,1H3,(H,14,15). The van der Waals surface area contributed by atoms with Crippen LogP contribution in [0.2, 0.25) is 0 Å². The minimum absolute atomic E-state index is 0.317. The predicted molar refractivity (Wildman–Crippen MR) is 130 cm³/mol. The third-order valence-electron chi connectivity index (χ3n) is 5.41. The van der Waals surface area contributed by atoms with Crippen molar-refractivity contribution in [2.24, 2.45) is 7.05 Å². The molecule has 1 amide bonds. The number of hydrogen-bond donors (Lipinski definition) is 1. The van der Waals surface area contributed by atoms with Crippen LogP contribution in [-0.2, 0) is 11.8 Å². The lowest BCUT2D eigenvalue weighted by atomic mass is 10.0. The summed E-state index contributed by atoms with van der Waals surface area (Å²) < 4.78 is 28.9. The number of benzene rings is 3. The Hall–Kier alpha value is -4.60. The number of halogens is 2. The Morgan fingerprint density at radius 2 is 1.50 bits per heavy atom. The number of carbonyl (C=O) groups is 2. The molecule has 0 aliphatic carbocycles. The fourth-order valence-corrected chi connectivity index (χ4v) is 3.60. The van der Waals surface area contributed by atoms with Crippen molar-refractivity contribution in [1.29, 1.82) is 0 Å². The Balaban J connectivity index is 0.000000207. The van der Waals surface area contributed by atoms with E-state index in [2.05, 4.69) is 0 Å². The van der Waals surface area contributed by atoms with E-state index in [1.54, 1.807) is 13.1 Å². The SMILES string of the molecule is CN(CC(=O)O)C(=O)c1c(F)cccc1F.Cc1cccc2c(-n3c(=O)ccn(C)c3=O)cccc12. The van der Waals surface area contributed by atoms with E-state index in [9.17, 15) is 28.0 Å². The van der Waals surface area contributed by atoms with Gasteiger partial charge in [0.05, 0.1) is 5.69 Å². The van der Waals surface area contributed by atoms with Crippen LogP contribution in [0.25, 0.3) is 16.5 Å². The van der Waals surface area contributed by atoms with Crippen molar-refractivity contribution in [3.63, 3.8) is 0 Å². The van der Waals surface area contributed by atoms with Crippen LogP contribution >= 0.6 is 0 Å². The van der Waals surface area contributed by atoms with Crippen LogP contribution in [0.3, 0.4) is 0 Å². The van der Waals surface area contributed by atoms with Crippen LogP contribution in [-0.4, -0.2) is 44.6 Å². The van der Waals surface area contributed by atoms with Gasteiger partial charge in [-0.15, -0.1) is 0 Å². The third kappa shape index (κ3) is 5.38. The molecule has 1 aromatic heterocycles. The molecule has 36 heavy (non-hydrogen) atoms. The van der Waals surface area contributed by atoms with E-state index in [0.29, 0.717) is 5.69 Å². The van der Waals surface area contributed by atoms with E-state index in [-0.39, 0.29) is 11.2 Å². The summed E-state index contributed by atoms with van der Waals surface area (Å²) in [6.07, 6.45) is 1.48. The van der Waals surface area contributed by atoms with Crippen LogP contribution < -0.4 is 11.2 Å². The summed E-state index contributed by atoms with van der Waals surface area (Å²) in [5, 5.41) is 10.4. The third-order valence-corrected chi connectivity index (χ3v) is 5.41. The van der Waals surface area contributed by atoms with Gasteiger partial charge in [-0.25, -0.2) is 18.1 Å². The first-order valence-corrected chi connectivity index (χ1v) is 10.7. The predicted octanol–water partition coefficient (Wildman–Crippen LogP) is 3.12. The average Bonchev–Trinajstić information content (AvgIpc) is 2.82. The van der Waals surface area contributed by atoms with Crippen LogP contribution in [0.15, 0.2) is 76.4 Å². The van der Waals surface area contributed by atoms with Crippen LogP contribution in [0.1, 0.15) is 15.9 Å². The first kappa shape index (κ1) is 26.0. The van der Waals surface area contributed by atoms with Crippen LogP contribution in [0.4, 0.5) is 8.78 Å². The fourth-order valence-electron chi connectivity index (χ4n) is 3.60. The number of amides is 1. The Labute approximate surface area is 204 Å². The smallest absolute Gasteiger partial charge is 0.335 e. The Morgan fingerprint density at radius 1 is 0.917 bits per heavy atom. The summed E-state index contributed by atoms with van der Waals surface area (Å²) in [5.74, 6) is -4.28. The molecule has 0 saturated carbocycles. The van der Waals surface area contributed by atoms with Gasteiger partial charge in [-0.05, 0) is 36.1 Å². The van der Waals surface area contributed by atoms with Gasteiger partial charge in [0.2, 0.25) is 0 Å². The lowest BCUT2D eigenvalue weighted by Gasteiger charge is -2.15. The zero-order valence-corrected chi connectivity index (χ0v) is 19.7. The number of carboxylic acid groups (broad SMARTS) is 1.